The first-order valence-electron chi connectivity index (χ1n) is 7.20. The largest absolute Gasteiger partial charge is 0.405 e. The molecule has 2 N–H and O–H groups in total. The highest BCUT2D eigenvalue weighted by Crippen LogP contribution is 2.38. The van der Waals surface area contributed by atoms with E-state index in [2.05, 4.69) is 10.3 Å². The smallest absolute Gasteiger partial charge is 0.381 e. The Morgan fingerprint density at radius 1 is 1.36 bits per heavy atom. The number of aliphatic imine (C=N–C) groups is 1. The van der Waals surface area contributed by atoms with E-state index >= 15 is 0 Å². The zero-order chi connectivity index (χ0) is 16.2. The number of carbonyl (C=O) groups excluding carboxylic acids is 1. The first-order valence-corrected chi connectivity index (χ1v) is 7.20. The number of carbonyl (C=O) groups is 1. The molecule has 0 aliphatic carbocycles. The highest BCUT2D eigenvalue weighted by atomic mass is 19.4. The average Bonchev–Trinajstić information content (AvgIpc) is 3.08. The number of rotatable bonds is 3. The summed E-state index contributed by atoms with van der Waals surface area (Å²) in [7, 11) is 1.59. The summed E-state index contributed by atoms with van der Waals surface area (Å²) in [5.41, 5.74) is 0.149. The number of nitrogens with one attached hydrogen (secondary N) is 2. The number of hydrogen-bond donors (Lipinski definition) is 2. The van der Waals surface area contributed by atoms with Crippen LogP contribution in [0.2, 0.25) is 0 Å². The molecule has 2 rings (SSSR count). The quantitative estimate of drug-likeness (QED) is 0.581. The Labute approximate surface area is 127 Å². The number of halogens is 3. The van der Waals surface area contributed by atoms with Gasteiger partial charge in [0.1, 0.15) is 6.54 Å². The lowest BCUT2D eigenvalue weighted by atomic mass is 9.87. The van der Waals surface area contributed by atoms with Crippen LogP contribution in [0.25, 0.3) is 0 Å². The molecular weight excluding hydrogens is 301 g/mol. The zero-order valence-electron chi connectivity index (χ0n) is 12.5. The van der Waals surface area contributed by atoms with Gasteiger partial charge in [-0.25, -0.2) is 0 Å². The molecule has 2 aliphatic rings. The summed E-state index contributed by atoms with van der Waals surface area (Å²) in [5.74, 6) is -0.178. The van der Waals surface area contributed by atoms with Crippen molar-refractivity contribution in [1.29, 1.82) is 0 Å². The molecule has 9 heteroatoms. The van der Waals surface area contributed by atoms with Crippen molar-refractivity contribution in [2.24, 2.45) is 10.4 Å². The van der Waals surface area contributed by atoms with E-state index in [0.717, 1.165) is 39.1 Å². The van der Waals surface area contributed by atoms with Crippen LogP contribution in [0, 0.1) is 5.41 Å². The predicted octanol–water partition coefficient (Wildman–Crippen LogP) is 0.353. The minimum atomic E-state index is -4.40. The Balaban J connectivity index is 1.77. The lowest BCUT2D eigenvalue weighted by molar-refractivity contribution is -0.137. The summed E-state index contributed by atoms with van der Waals surface area (Å²) < 4.78 is 41.5. The van der Waals surface area contributed by atoms with Gasteiger partial charge in [0.2, 0.25) is 5.91 Å². The normalized spacial score (nSPS) is 25.8. The molecule has 1 amide bonds. The molecule has 0 radical (unpaired) electrons. The van der Waals surface area contributed by atoms with Crippen LogP contribution >= 0.6 is 0 Å². The van der Waals surface area contributed by atoms with Crippen molar-refractivity contribution in [2.45, 2.75) is 19.0 Å². The average molecular weight is 322 g/mol. The molecule has 2 heterocycles. The van der Waals surface area contributed by atoms with E-state index in [1.54, 1.807) is 7.05 Å². The van der Waals surface area contributed by atoms with E-state index in [0.29, 0.717) is 5.96 Å². The molecule has 0 aromatic heterocycles. The van der Waals surface area contributed by atoms with Gasteiger partial charge >= 0.3 is 6.18 Å². The minimum Gasteiger partial charge on any atom is -0.381 e. The van der Waals surface area contributed by atoms with Crippen molar-refractivity contribution in [3.63, 3.8) is 0 Å². The van der Waals surface area contributed by atoms with Gasteiger partial charge in [0.05, 0.1) is 13.2 Å². The Bertz CT molecular complexity index is 433. The number of nitrogens with zero attached hydrogens (tertiary/aromatic N) is 2. The summed E-state index contributed by atoms with van der Waals surface area (Å²) in [6, 6.07) is 0. The molecule has 126 valence electrons. The topological polar surface area (TPSA) is 66.0 Å². The molecule has 0 saturated carbocycles. The highest BCUT2D eigenvalue weighted by Gasteiger charge is 2.42. The summed E-state index contributed by atoms with van der Waals surface area (Å²) >= 11 is 0. The maximum atomic E-state index is 12.0. The number of likely N-dealkylation sites (tertiary alicyclic amines) is 1. The van der Waals surface area contributed by atoms with Crippen LogP contribution in [-0.2, 0) is 9.53 Å². The van der Waals surface area contributed by atoms with Crippen molar-refractivity contribution in [2.75, 3.05) is 46.4 Å². The fraction of sp³-hybridized carbons (Fsp3) is 0.846. The van der Waals surface area contributed by atoms with Crippen LogP contribution in [-0.4, -0.2) is 69.4 Å². The molecule has 0 bridgehead atoms. The van der Waals surface area contributed by atoms with Crippen molar-refractivity contribution in [3.05, 3.63) is 0 Å². The van der Waals surface area contributed by atoms with Crippen molar-refractivity contribution >= 4 is 11.9 Å². The third-order valence-corrected chi connectivity index (χ3v) is 4.03. The van der Waals surface area contributed by atoms with E-state index < -0.39 is 18.6 Å². The van der Waals surface area contributed by atoms with Crippen molar-refractivity contribution in [1.82, 2.24) is 15.5 Å². The molecular formula is C13H21F3N4O2. The van der Waals surface area contributed by atoms with Gasteiger partial charge in [-0.3, -0.25) is 9.79 Å². The standard InChI is InChI=1S/C13H21F3N4O2/c1-17-11(18-6-10(21)19-7-13(14,15)16)20-4-2-12(8-20)3-5-22-9-12/h2-9H2,1H3,(H,17,18)(H,19,21). The second-order valence-electron chi connectivity index (χ2n) is 5.77. The Morgan fingerprint density at radius 2 is 2.14 bits per heavy atom. The Hall–Kier alpha value is -1.51. The minimum absolute atomic E-state index is 0.149. The number of amides is 1. The molecule has 2 fully saturated rings. The third kappa shape index (κ3) is 4.49. The first kappa shape index (κ1) is 16.9. The highest BCUT2D eigenvalue weighted by molar-refractivity contribution is 5.86. The number of guanidine groups is 1. The van der Waals surface area contributed by atoms with Crippen LogP contribution < -0.4 is 10.6 Å². The fourth-order valence-electron chi connectivity index (χ4n) is 2.84. The van der Waals surface area contributed by atoms with Crippen LogP contribution in [0.4, 0.5) is 13.2 Å². The molecule has 6 nitrogen and oxygen atoms in total. The van der Waals surface area contributed by atoms with Gasteiger partial charge in [-0.15, -0.1) is 0 Å². The number of hydrogen-bond acceptors (Lipinski definition) is 3. The Kier molecular flexibility index (Phi) is 5.15. The summed E-state index contributed by atoms with van der Waals surface area (Å²) in [5, 5.41) is 4.63. The SMILES string of the molecule is CN=C(NCC(=O)NCC(F)(F)F)N1CCC2(CCOC2)C1. The second kappa shape index (κ2) is 6.72. The number of ether oxygens (including phenoxy) is 1. The van der Waals surface area contributed by atoms with E-state index in [-0.39, 0.29) is 12.0 Å². The van der Waals surface area contributed by atoms with E-state index in [1.165, 1.54) is 0 Å². The molecule has 2 aliphatic heterocycles. The van der Waals surface area contributed by atoms with Crippen molar-refractivity contribution < 1.29 is 22.7 Å². The molecule has 0 aromatic rings. The zero-order valence-corrected chi connectivity index (χ0v) is 12.5. The van der Waals surface area contributed by atoms with Crippen LogP contribution in [0.15, 0.2) is 4.99 Å². The molecule has 0 aromatic carbocycles. The molecule has 2 saturated heterocycles. The number of alkyl halides is 3. The maximum absolute atomic E-state index is 12.0. The predicted molar refractivity (Wildman–Crippen MR) is 74.5 cm³/mol. The van der Waals surface area contributed by atoms with Gasteiger partial charge in [-0.2, -0.15) is 13.2 Å². The van der Waals surface area contributed by atoms with Gasteiger partial charge in [0, 0.05) is 32.2 Å². The monoisotopic (exact) mass is 322 g/mol. The van der Waals surface area contributed by atoms with Gasteiger partial charge in [-0.05, 0) is 12.8 Å². The molecule has 1 atom stereocenters. The van der Waals surface area contributed by atoms with E-state index in [4.69, 9.17) is 4.74 Å². The summed E-state index contributed by atoms with van der Waals surface area (Å²) in [6.45, 7) is 1.52. The van der Waals surface area contributed by atoms with Gasteiger partial charge < -0.3 is 20.3 Å². The van der Waals surface area contributed by atoms with Gasteiger partial charge in [-0.1, -0.05) is 0 Å². The van der Waals surface area contributed by atoms with Crippen LogP contribution in [0.5, 0.6) is 0 Å². The van der Waals surface area contributed by atoms with E-state index in [1.807, 2.05) is 10.2 Å². The van der Waals surface area contributed by atoms with Crippen LogP contribution in [0.1, 0.15) is 12.8 Å². The van der Waals surface area contributed by atoms with E-state index in [9.17, 15) is 18.0 Å². The lowest BCUT2D eigenvalue weighted by Crippen LogP contribution is -2.46. The Morgan fingerprint density at radius 3 is 2.73 bits per heavy atom. The van der Waals surface area contributed by atoms with Gasteiger partial charge in [0.15, 0.2) is 5.96 Å². The third-order valence-electron chi connectivity index (χ3n) is 4.03. The maximum Gasteiger partial charge on any atom is 0.405 e. The fourth-order valence-corrected chi connectivity index (χ4v) is 2.84. The van der Waals surface area contributed by atoms with Crippen molar-refractivity contribution in [3.8, 4) is 0 Å². The first-order chi connectivity index (χ1) is 10.3. The molecule has 1 unspecified atom stereocenters. The lowest BCUT2D eigenvalue weighted by Gasteiger charge is -2.24. The second-order valence-corrected chi connectivity index (χ2v) is 5.77. The van der Waals surface area contributed by atoms with Crippen LogP contribution in [0.3, 0.4) is 0 Å². The molecule has 1 spiro atoms. The summed E-state index contributed by atoms with van der Waals surface area (Å²) in [4.78, 5) is 17.5. The molecule has 22 heavy (non-hydrogen) atoms. The summed E-state index contributed by atoms with van der Waals surface area (Å²) in [6.07, 6.45) is -2.40. The van der Waals surface area contributed by atoms with Gasteiger partial charge in [0.25, 0.3) is 0 Å².